The first-order valence-corrected chi connectivity index (χ1v) is 10.5. The average Bonchev–Trinajstić information content (AvgIpc) is 3.02. The van der Waals surface area contributed by atoms with Crippen LogP contribution >= 0.6 is 34.9 Å². The zero-order valence-corrected chi connectivity index (χ0v) is 18.2. The summed E-state index contributed by atoms with van der Waals surface area (Å²) in [6.45, 7) is 3.38. The van der Waals surface area contributed by atoms with Gasteiger partial charge in [0.2, 0.25) is 6.29 Å². The van der Waals surface area contributed by atoms with E-state index in [0.29, 0.717) is 15.0 Å². The van der Waals surface area contributed by atoms with Gasteiger partial charge in [0.05, 0.1) is 20.7 Å². The maximum Gasteiger partial charge on any atom is 0.511 e. The predicted octanol–water partition coefficient (Wildman–Crippen LogP) is 4.59. The molecular formula is C18H18ClN3O5S2. The lowest BCUT2D eigenvalue weighted by atomic mass is 10.2. The van der Waals surface area contributed by atoms with Gasteiger partial charge in [0.15, 0.2) is 11.5 Å². The van der Waals surface area contributed by atoms with Crippen molar-refractivity contribution in [2.75, 3.05) is 19.0 Å². The summed E-state index contributed by atoms with van der Waals surface area (Å²) in [5, 5.41) is 2.74. The number of rotatable bonds is 6. The van der Waals surface area contributed by atoms with Gasteiger partial charge in [-0.05, 0) is 37.1 Å². The summed E-state index contributed by atoms with van der Waals surface area (Å²) in [5.74, 6) is 0.226. The van der Waals surface area contributed by atoms with Crippen LogP contribution < -0.4 is 5.32 Å². The number of nitrogens with zero attached hydrogens (tertiary/aromatic N) is 2. The summed E-state index contributed by atoms with van der Waals surface area (Å²) in [6.07, 6.45) is -0.275. The van der Waals surface area contributed by atoms with Gasteiger partial charge in [0.1, 0.15) is 5.82 Å². The van der Waals surface area contributed by atoms with Crippen LogP contribution in [-0.4, -0.2) is 41.3 Å². The highest BCUT2D eigenvalue weighted by Gasteiger charge is 2.33. The number of carbonyl (C=O) groups is 2. The van der Waals surface area contributed by atoms with Crippen LogP contribution in [-0.2, 0) is 19.0 Å². The van der Waals surface area contributed by atoms with E-state index >= 15 is 0 Å². The molecule has 0 radical (unpaired) electrons. The summed E-state index contributed by atoms with van der Waals surface area (Å²) in [5.41, 5.74) is 0.242. The van der Waals surface area contributed by atoms with E-state index < -0.39 is 18.4 Å². The zero-order chi connectivity index (χ0) is 21.0. The minimum atomic E-state index is -0.994. The molecule has 1 aliphatic rings. The summed E-state index contributed by atoms with van der Waals surface area (Å²) < 4.78 is 17.9. The highest BCUT2D eigenvalue weighted by Crippen LogP contribution is 2.46. The SMILES string of the molecule is CCOC(=O)OC(C)OC1=C(C(=O)Nc2ccccn2)N(C)Sc2cc(Cl)sc21. The van der Waals surface area contributed by atoms with E-state index in [1.54, 1.807) is 48.7 Å². The number of anilines is 1. The number of amides is 1. The summed E-state index contributed by atoms with van der Waals surface area (Å²) in [6, 6.07) is 6.98. The van der Waals surface area contributed by atoms with Crippen molar-refractivity contribution in [3.63, 3.8) is 0 Å². The molecule has 8 nitrogen and oxygen atoms in total. The van der Waals surface area contributed by atoms with Crippen molar-refractivity contribution in [3.8, 4) is 0 Å². The highest BCUT2D eigenvalue weighted by atomic mass is 35.5. The fraction of sp³-hybridized carbons (Fsp3) is 0.278. The molecule has 0 aromatic carbocycles. The van der Waals surface area contributed by atoms with Crippen molar-refractivity contribution in [1.82, 2.24) is 9.29 Å². The minimum Gasteiger partial charge on any atom is -0.451 e. The predicted molar refractivity (Wildman–Crippen MR) is 111 cm³/mol. The first-order chi connectivity index (χ1) is 13.9. The third kappa shape index (κ3) is 5.14. The van der Waals surface area contributed by atoms with Crippen LogP contribution in [0.3, 0.4) is 0 Å². The average molecular weight is 456 g/mol. The number of fused-ring (bicyclic) bond motifs is 1. The molecule has 3 rings (SSSR count). The number of hydrogen-bond donors (Lipinski definition) is 1. The van der Waals surface area contributed by atoms with Crippen LogP contribution in [0.4, 0.5) is 10.6 Å². The number of hydrogen-bond acceptors (Lipinski definition) is 9. The molecule has 1 amide bonds. The Morgan fingerprint density at radius 2 is 2.17 bits per heavy atom. The molecule has 1 unspecified atom stereocenters. The second kappa shape index (κ2) is 9.38. The monoisotopic (exact) mass is 455 g/mol. The fourth-order valence-electron chi connectivity index (χ4n) is 2.46. The van der Waals surface area contributed by atoms with Crippen molar-refractivity contribution < 1.29 is 23.8 Å². The Morgan fingerprint density at radius 1 is 1.38 bits per heavy atom. The molecule has 29 heavy (non-hydrogen) atoms. The molecule has 154 valence electrons. The Balaban J connectivity index is 1.93. The lowest BCUT2D eigenvalue weighted by Crippen LogP contribution is -2.29. The number of halogens is 1. The quantitative estimate of drug-likeness (QED) is 0.384. The fourth-order valence-corrected chi connectivity index (χ4v) is 4.84. The Hall–Kier alpha value is -2.43. The molecule has 0 spiro atoms. The molecule has 0 bridgehead atoms. The minimum absolute atomic E-state index is 0.177. The molecule has 11 heteroatoms. The second-order valence-electron chi connectivity index (χ2n) is 5.67. The standard InChI is InChI=1S/C18H18ClN3O5S2/c1-4-25-18(24)27-10(2)26-15-14(17(23)21-13-7-5-6-8-20-13)22(3)29-11-9-12(19)28-16(11)15/h5-10H,4H2,1-3H3,(H,20,21,23). The molecule has 2 aromatic heterocycles. The molecular weight excluding hydrogens is 438 g/mol. The van der Waals surface area contributed by atoms with Crippen molar-refractivity contribution in [2.24, 2.45) is 0 Å². The first-order valence-electron chi connectivity index (χ1n) is 8.57. The van der Waals surface area contributed by atoms with Gasteiger partial charge in [-0.2, -0.15) is 0 Å². The van der Waals surface area contributed by atoms with E-state index in [4.69, 9.17) is 25.8 Å². The van der Waals surface area contributed by atoms with Gasteiger partial charge in [0.25, 0.3) is 5.91 Å². The molecule has 1 atom stereocenters. The lowest BCUT2D eigenvalue weighted by Gasteiger charge is -2.29. The molecule has 3 heterocycles. The van der Waals surface area contributed by atoms with E-state index in [2.05, 4.69) is 10.3 Å². The van der Waals surface area contributed by atoms with Crippen LogP contribution in [0.1, 0.15) is 18.7 Å². The second-order valence-corrected chi connectivity index (χ2v) is 8.52. The molecule has 1 N–H and O–H groups in total. The van der Waals surface area contributed by atoms with Gasteiger partial charge >= 0.3 is 6.16 Å². The van der Waals surface area contributed by atoms with Crippen LogP contribution in [0.15, 0.2) is 41.1 Å². The van der Waals surface area contributed by atoms with E-state index in [0.717, 1.165) is 4.90 Å². The van der Waals surface area contributed by atoms with E-state index in [9.17, 15) is 9.59 Å². The van der Waals surface area contributed by atoms with Crippen molar-refractivity contribution in [2.45, 2.75) is 25.0 Å². The largest absolute Gasteiger partial charge is 0.511 e. The van der Waals surface area contributed by atoms with E-state index in [-0.39, 0.29) is 18.1 Å². The molecule has 0 aliphatic carbocycles. The Bertz CT molecular complexity index is 935. The number of nitrogens with one attached hydrogen (secondary N) is 1. The Labute approximate surface area is 180 Å². The van der Waals surface area contributed by atoms with E-state index in [1.165, 1.54) is 30.2 Å². The van der Waals surface area contributed by atoms with Gasteiger partial charge in [0, 0.05) is 20.2 Å². The summed E-state index contributed by atoms with van der Waals surface area (Å²) >= 11 is 8.78. The van der Waals surface area contributed by atoms with Gasteiger partial charge in [-0.25, -0.2) is 9.78 Å². The van der Waals surface area contributed by atoms with Crippen LogP contribution in [0, 0.1) is 0 Å². The summed E-state index contributed by atoms with van der Waals surface area (Å²) in [4.78, 5) is 30.2. The molecule has 0 saturated heterocycles. The molecule has 0 saturated carbocycles. The number of thiophene rings is 1. The third-order valence-corrected chi connectivity index (χ3v) is 5.94. The van der Waals surface area contributed by atoms with Crippen LogP contribution in [0.25, 0.3) is 5.76 Å². The Morgan fingerprint density at radius 3 is 2.86 bits per heavy atom. The number of aromatic nitrogens is 1. The van der Waals surface area contributed by atoms with Gasteiger partial charge in [-0.1, -0.05) is 17.7 Å². The van der Waals surface area contributed by atoms with Crippen molar-refractivity contribution in [1.29, 1.82) is 0 Å². The maximum atomic E-state index is 13.0. The first kappa shape index (κ1) is 21.3. The van der Waals surface area contributed by atoms with Crippen molar-refractivity contribution >= 4 is 58.5 Å². The maximum absolute atomic E-state index is 13.0. The van der Waals surface area contributed by atoms with Gasteiger partial charge < -0.3 is 23.8 Å². The number of pyridine rings is 1. The van der Waals surface area contributed by atoms with Gasteiger partial charge in [-0.3, -0.25) is 4.79 Å². The zero-order valence-electron chi connectivity index (χ0n) is 15.8. The van der Waals surface area contributed by atoms with E-state index in [1.807, 2.05) is 0 Å². The van der Waals surface area contributed by atoms with Gasteiger partial charge in [-0.15, -0.1) is 11.3 Å². The molecule has 2 aromatic rings. The third-order valence-electron chi connectivity index (χ3n) is 3.57. The number of likely N-dealkylation sites (N-methyl/N-ethyl adjacent to an activating group) is 1. The number of carbonyl (C=O) groups excluding carboxylic acids is 2. The molecule has 1 aliphatic heterocycles. The van der Waals surface area contributed by atoms with Crippen LogP contribution in [0.5, 0.6) is 0 Å². The normalized spacial score (nSPS) is 14.1. The van der Waals surface area contributed by atoms with Crippen LogP contribution in [0.2, 0.25) is 4.34 Å². The molecule has 0 fully saturated rings. The lowest BCUT2D eigenvalue weighted by molar-refractivity contribution is -0.114. The topological polar surface area (TPSA) is 90.0 Å². The Kier molecular flexibility index (Phi) is 6.88. The highest BCUT2D eigenvalue weighted by molar-refractivity contribution is 7.97. The summed E-state index contributed by atoms with van der Waals surface area (Å²) in [7, 11) is 1.73. The van der Waals surface area contributed by atoms with Crippen molar-refractivity contribution in [3.05, 3.63) is 45.4 Å². The number of ether oxygens (including phenoxy) is 3. The smallest absolute Gasteiger partial charge is 0.451 e.